The van der Waals surface area contributed by atoms with E-state index in [0.717, 1.165) is 30.4 Å². The van der Waals surface area contributed by atoms with Gasteiger partial charge in [0.25, 0.3) is 0 Å². The van der Waals surface area contributed by atoms with Crippen LogP contribution in [-0.4, -0.2) is 31.3 Å². The van der Waals surface area contributed by atoms with Gasteiger partial charge in [-0.3, -0.25) is 0 Å². The molecule has 0 unspecified atom stereocenters. The third kappa shape index (κ3) is 5.14. The first-order valence-corrected chi connectivity index (χ1v) is 6.29. The Kier molecular flexibility index (Phi) is 6.09. The molecule has 1 aromatic rings. The van der Waals surface area contributed by atoms with E-state index in [1.165, 1.54) is 11.1 Å². The lowest BCUT2D eigenvalue weighted by molar-refractivity contribution is -0.131. The van der Waals surface area contributed by atoms with Gasteiger partial charge in [0.15, 0.2) is 0 Å². The van der Waals surface area contributed by atoms with Crippen molar-refractivity contribution < 1.29 is 14.6 Å². The average molecular weight is 263 g/mol. The van der Waals surface area contributed by atoms with Gasteiger partial charge in [-0.1, -0.05) is 23.8 Å². The lowest BCUT2D eigenvalue weighted by Crippen LogP contribution is -2.17. The normalized spacial score (nSPS) is 10.9. The van der Waals surface area contributed by atoms with E-state index in [1.807, 2.05) is 6.92 Å². The molecular weight excluding hydrogens is 242 g/mol. The number of methoxy groups -OCH3 is 1. The van der Waals surface area contributed by atoms with E-state index < -0.39 is 5.97 Å². The Labute approximate surface area is 114 Å². The van der Waals surface area contributed by atoms with Crippen LogP contribution in [0.3, 0.4) is 0 Å². The molecular formula is C15H21NO3. The standard InChI is InChI=1S/C15H21NO3/c1-11-9-12(2)15(19-3)13(10-11)6-8-16-7-4-5-14(17)18/h4-5,9-10,16H,6-8H2,1-3H3,(H,17,18)/b5-4+. The number of carboxylic acids is 1. The number of carbonyl (C=O) groups is 1. The highest BCUT2D eigenvalue weighted by atomic mass is 16.5. The number of nitrogens with one attached hydrogen (secondary N) is 1. The molecule has 0 heterocycles. The first kappa shape index (κ1) is 15.2. The van der Waals surface area contributed by atoms with Crippen LogP contribution in [0.25, 0.3) is 0 Å². The minimum absolute atomic E-state index is 0.555. The third-order valence-electron chi connectivity index (χ3n) is 2.79. The van der Waals surface area contributed by atoms with Crippen LogP contribution in [0.5, 0.6) is 5.75 Å². The molecule has 1 rings (SSSR count). The fourth-order valence-corrected chi connectivity index (χ4v) is 2.09. The monoisotopic (exact) mass is 263 g/mol. The van der Waals surface area contributed by atoms with E-state index in [-0.39, 0.29) is 0 Å². The largest absolute Gasteiger partial charge is 0.496 e. The summed E-state index contributed by atoms with van der Waals surface area (Å²) >= 11 is 0. The van der Waals surface area contributed by atoms with Crippen molar-refractivity contribution in [3.8, 4) is 5.75 Å². The molecule has 0 spiro atoms. The Morgan fingerprint density at radius 3 is 2.79 bits per heavy atom. The Hall–Kier alpha value is -1.81. The predicted octanol–water partition coefficient (Wildman–Crippen LogP) is 2.08. The first-order valence-electron chi connectivity index (χ1n) is 6.29. The number of benzene rings is 1. The lowest BCUT2D eigenvalue weighted by Gasteiger charge is -2.13. The van der Waals surface area contributed by atoms with Crippen LogP contribution < -0.4 is 10.1 Å². The lowest BCUT2D eigenvalue weighted by atomic mass is 10.0. The second-order valence-electron chi connectivity index (χ2n) is 4.47. The van der Waals surface area contributed by atoms with Crippen molar-refractivity contribution in [3.63, 3.8) is 0 Å². The maximum atomic E-state index is 10.3. The molecule has 4 heteroatoms. The van der Waals surface area contributed by atoms with Crippen molar-refractivity contribution in [2.75, 3.05) is 20.2 Å². The number of aryl methyl sites for hydroxylation is 2. The zero-order chi connectivity index (χ0) is 14.3. The highest BCUT2D eigenvalue weighted by molar-refractivity contribution is 5.79. The Balaban J connectivity index is 2.51. The second kappa shape index (κ2) is 7.59. The molecule has 1 aromatic carbocycles. The Bertz CT molecular complexity index is 467. The SMILES string of the molecule is COc1c(C)cc(C)cc1CCNC/C=C/C(=O)O. The van der Waals surface area contributed by atoms with E-state index in [0.29, 0.717) is 6.54 Å². The van der Waals surface area contributed by atoms with Crippen molar-refractivity contribution in [2.45, 2.75) is 20.3 Å². The van der Waals surface area contributed by atoms with Crippen LogP contribution in [0.2, 0.25) is 0 Å². The van der Waals surface area contributed by atoms with Gasteiger partial charge >= 0.3 is 5.97 Å². The van der Waals surface area contributed by atoms with Gasteiger partial charge in [0.05, 0.1) is 7.11 Å². The van der Waals surface area contributed by atoms with Gasteiger partial charge in [-0.25, -0.2) is 4.79 Å². The molecule has 2 N–H and O–H groups in total. The summed E-state index contributed by atoms with van der Waals surface area (Å²) in [7, 11) is 1.68. The van der Waals surface area contributed by atoms with Gasteiger partial charge < -0.3 is 15.2 Å². The minimum Gasteiger partial charge on any atom is -0.496 e. The Morgan fingerprint density at radius 2 is 2.16 bits per heavy atom. The van der Waals surface area contributed by atoms with Crippen LogP contribution in [0, 0.1) is 13.8 Å². The molecule has 0 fully saturated rings. The average Bonchev–Trinajstić information content (AvgIpc) is 2.32. The summed E-state index contributed by atoms with van der Waals surface area (Å²) in [5, 5.41) is 11.6. The highest BCUT2D eigenvalue weighted by Gasteiger charge is 2.06. The van der Waals surface area contributed by atoms with E-state index in [9.17, 15) is 4.79 Å². The first-order chi connectivity index (χ1) is 9.04. The van der Waals surface area contributed by atoms with Crippen molar-refractivity contribution >= 4 is 5.97 Å². The quantitative estimate of drug-likeness (QED) is 0.584. The number of hydrogen-bond donors (Lipinski definition) is 2. The van der Waals surface area contributed by atoms with E-state index >= 15 is 0 Å². The maximum Gasteiger partial charge on any atom is 0.328 e. The number of aliphatic carboxylic acids is 1. The molecule has 0 aromatic heterocycles. The summed E-state index contributed by atoms with van der Waals surface area (Å²) in [5.74, 6) is 0.0197. The van der Waals surface area contributed by atoms with Gasteiger partial charge in [-0.05, 0) is 37.9 Å². The second-order valence-corrected chi connectivity index (χ2v) is 4.47. The molecule has 0 aliphatic heterocycles. The van der Waals surface area contributed by atoms with Gasteiger partial charge in [0.1, 0.15) is 5.75 Å². The van der Waals surface area contributed by atoms with Crippen molar-refractivity contribution in [1.82, 2.24) is 5.32 Å². The van der Waals surface area contributed by atoms with Crippen LogP contribution in [0.4, 0.5) is 0 Å². The third-order valence-corrected chi connectivity index (χ3v) is 2.79. The topological polar surface area (TPSA) is 58.6 Å². The summed E-state index contributed by atoms with van der Waals surface area (Å²) in [4.78, 5) is 10.3. The van der Waals surface area contributed by atoms with Crippen molar-refractivity contribution in [1.29, 1.82) is 0 Å². The number of ether oxygens (including phenoxy) is 1. The number of hydrogen-bond acceptors (Lipinski definition) is 3. The predicted molar refractivity (Wildman–Crippen MR) is 75.8 cm³/mol. The maximum absolute atomic E-state index is 10.3. The fourth-order valence-electron chi connectivity index (χ4n) is 2.09. The number of rotatable bonds is 7. The van der Waals surface area contributed by atoms with Gasteiger partial charge in [-0.15, -0.1) is 0 Å². The fraction of sp³-hybridized carbons (Fsp3) is 0.400. The van der Waals surface area contributed by atoms with Crippen LogP contribution >= 0.6 is 0 Å². The minimum atomic E-state index is -0.919. The molecule has 0 amide bonds. The highest BCUT2D eigenvalue weighted by Crippen LogP contribution is 2.25. The summed E-state index contributed by atoms with van der Waals surface area (Å²) in [6, 6.07) is 4.23. The van der Waals surface area contributed by atoms with E-state index in [1.54, 1.807) is 13.2 Å². The zero-order valence-corrected chi connectivity index (χ0v) is 11.7. The molecule has 104 valence electrons. The summed E-state index contributed by atoms with van der Waals surface area (Å²) in [5.41, 5.74) is 3.54. The molecule has 4 nitrogen and oxygen atoms in total. The van der Waals surface area contributed by atoms with Crippen molar-refractivity contribution in [3.05, 3.63) is 41.0 Å². The summed E-state index contributed by atoms with van der Waals surface area (Å²) < 4.78 is 5.42. The molecule has 0 radical (unpaired) electrons. The summed E-state index contributed by atoms with van der Waals surface area (Å²) in [6.45, 7) is 5.44. The van der Waals surface area contributed by atoms with Crippen LogP contribution in [0.15, 0.2) is 24.3 Å². The number of carboxylic acid groups (broad SMARTS) is 1. The summed E-state index contributed by atoms with van der Waals surface area (Å²) in [6.07, 6.45) is 3.60. The molecule has 0 saturated carbocycles. The molecule has 0 saturated heterocycles. The smallest absolute Gasteiger partial charge is 0.328 e. The molecule has 0 aliphatic carbocycles. The van der Waals surface area contributed by atoms with Crippen molar-refractivity contribution in [2.24, 2.45) is 0 Å². The van der Waals surface area contributed by atoms with E-state index in [4.69, 9.17) is 9.84 Å². The van der Waals surface area contributed by atoms with E-state index in [2.05, 4.69) is 24.4 Å². The Morgan fingerprint density at radius 1 is 1.42 bits per heavy atom. The molecule has 0 aliphatic rings. The zero-order valence-electron chi connectivity index (χ0n) is 11.7. The van der Waals surface area contributed by atoms with Gasteiger partial charge in [-0.2, -0.15) is 0 Å². The van der Waals surface area contributed by atoms with Crippen LogP contribution in [0.1, 0.15) is 16.7 Å². The molecule has 0 bridgehead atoms. The van der Waals surface area contributed by atoms with Gasteiger partial charge in [0, 0.05) is 12.6 Å². The van der Waals surface area contributed by atoms with Crippen LogP contribution in [-0.2, 0) is 11.2 Å². The van der Waals surface area contributed by atoms with Gasteiger partial charge in [0.2, 0.25) is 0 Å². The molecule has 19 heavy (non-hydrogen) atoms. The molecule has 0 atom stereocenters.